The summed E-state index contributed by atoms with van der Waals surface area (Å²) in [6.07, 6.45) is 0.691. The van der Waals surface area contributed by atoms with E-state index in [0.29, 0.717) is 23.7 Å². The molecule has 0 aliphatic carbocycles. The summed E-state index contributed by atoms with van der Waals surface area (Å²) in [5.74, 6) is 0.786. The second kappa shape index (κ2) is 2.98. The van der Waals surface area contributed by atoms with Gasteiger partial charge >= 0.3 is 0 Å². The van der Waals surface area contributed by atoms with Gasteiger partial charge in [0.2, 0.25) is 5.91 Å². The van der Waals surface area contributed by atoms with Crippen molar-refractivity contribution >= 4 is 5.91 Å². The smallest absolute Gasteiger partial charge is 0.222 e. The first-order chi connectivity index (χ1) is 6.11. The quantitative estimate of drug-likeness (QED) is 0.636. The largest absolute Gasteiger partial charge is 0.380 e. The minimum absolute atomic E-state index is 0.313. The zero-order chi connectivity index (χ0) is 9.47. The minimum Gasteiger partial charge on any atom is -0.380 e. The highest BCUT2D eigenvalue weighted by atomic mass is 16.5. The highest BCUT2D eigenvalue weighted by Crippen LogP contribution is 2.37. The van der Waals surface area contributed by atoms with E-state index in [1.807, 2.05) is 4.90 Å². The standard InChI is InChI=1S/C10H17NO2/c1-8(2)3-9(12)11-4-10(5-11)6-13-7-10/h8H,3-7H2,1-2H3. The van der Waals surface area contributed by atoms with Crippen LogP contribution in [0.1, 0.15) is 20.3 Å². The van der Waals surface area contributed by atoms with Crippen molar-refractivity contribution < 1.29 is 9.53 Å². The Morgan fingerprint density at radius 3 is 2.46 bits per heavy atom. The Balaban J connectivity index is 1.76. The molecular weight excluding hydrogens is 166 g/mol. The fourth-order valence-electron chi connectivity index (χ4n) is 1.99. The lowest BCUT2D eigenvalue weighted by molar-refractivity contribution is -0.195. The first-order valence-electron chi connectivity index (χ1n) is 4.97. The SMILES string of the molecule is CC(C)CC(=O)N1CC2(COC2)C1. The Morgan fingerprint density at radius 1 is 1.46 bits per heavy atom. The van der Waals surface area contributed by atoms with Crippen molar-refractivity contribution in [1.82, 2.24) is 4.90 Å². The molecule has 2 saturated heterocycles. The summed E-state index contributed by atoms with van der Waals surface area (Å²) in [6, 6.07) is 0. The Hall–Kier alpha value is -0.570. The van der Waals surface area contributed by atoms with Gasteiger partial charge in [-0.2, -0.15) is 0 Å². The number of carbonyl (C=O) groups excluding carboxylic acids is 1. The summed E-state index contributed by atoms with van der Waals surface area (Å²) in [5, 5.41) is 0. The third-order valence-electron chi connectivity index (χ3n) is 2.80. The van der Waals surface area contributed by atoms with E-state index < -0.39 is 0 Å². The van der Waals surface area contributed by atoms with Crippen LogP contribution < -0.4 is 0 Å². The van der Waals surface area contributed by atoms with Gasteiger partial charge in [-0.3, -0.25) is 4.79 Å². The fourth-order valence-corrected chi connectivity index (χ4v) is 1.99. The molecule has 74 valence electrons. The molecule has 0 saturated carbocycles. The second-order valence-corrected chi connectivity index (χ2v) is 4.84. The molecule has 0 atom stereocenters. The Kier molecular flexibility index (Phi) is 2.06. The summed E-state index contributed by atoms with van der Waals surface area (Å²) in [7, 11) is 0. The van der Waals surface area contributed by atoms with Gasteiger partial charge in [0.25, 0.3) is 0 Å². The summed E-state index contributed by atoms with van der Waals surface area (Å²) in [4.78, 5) is 13.5. The summed E-state index contributed by atoms with van der Waals surface area (Å²) >= 11 is 0. The molecule has 0 aromatic carbocycles. The Bertz CT molecular complexity index is 213. The second-order valence-electron chi connectivity index (χ2n) is 4.84. The first kappa shape index (κ1) is 9.00. The van der Waals surface area contributed by atoms with Crippen LogP contribution in [0.25, 0.3) is 0 Å². The van der Waals surface area contributed by atoms with Gasteiger partial charge in [-0.1, -0.05) is 13.8 Å². The molecule has 1 spiro atoms. The van der Waals surface area contributed by atoms with E-state index in [2.05, 4.69) is 13.8 Å². The third kappa shape index (κ3) is 1.57. The van der Waals surface area contributed by atoms with E-state index >= 15 is 0 Å². The van der Waals surface area contributed by atoms with Crippen LogP contribution in [-0.2, 0) is 9.53 Å². The zero-order valence-corrected chi connectivity index (χ0v) is 8.38. The van der Waals surface area contributed by atoms with Crippen LogP contribution >= 0.6 is 0 Å². The molecule has 2 aliphatic rings. The van der Waals surface area contributed by atoms with Crippen molar-refractivity contribution in [2.75, 3.05) is 26.3 Å². The van der Waals surface area contributed by atoms with Gasteiger partial charge in [-0.15, -0.1) is 0 Å². The predicted molar refractivity (Wildman–Crippen MR) is 49.3 cm³/mol. The van der Waals surface area contributed by atoms with Crippen LogP contribution in [0, 0.1) is 11.3 Å². The summed E-state index contributed by atoms with van der Waals surface area (Å²) < 4.78 is 5.15. The van der Waals surface area contributed by atoms with Gasteiger partial charge in [-0.05, 0) is 5.92 Å². The maximum Gasteiger partial charge on any atom is 0.222 e. The van der Waals surface area contributed by atoms with Crippen LogP contribution in [0.4, 0.5) is 0 Å². The van der Waals surface area contributed by atoms with E-state index in [9.17, 15) is 4.79 Å². The number of ether oxygens (including phenoxy) is 1. The molecule has 2 fully saturated rings. The highest BCUT2D eigenvalue weighted by molar-refractivity contribution is 5.77. The van der Waals surface area contributed by atoms with Crippen molar-refractivity contribution in [2.45, 2.75) is 20.3 Å². The maximum absolute atomic E-state index is 11.5. The number of hydrogen-bond acceptors (Lipinski definition) is 2. The summed E-state index contributed by atoms with van der Waals surface area (Å²) in [5.41, 5.74) is 0.368. The molecule has 2 heterocycles. The lowest BCUT2D eigenvalue weighted by Gasteiger charge is -2.55. The van der Waals surface area contributed by atoms with E-state index in [-0.39, 0.29) is 0 Å². The van der Waals surface area contributed by atoms with E-state index in [4.69, 9.17) is 4.74 Å². The van der Waals surface area contributed by atoms with Gasteiger partial charge in [0, 0.05) is 19.5 Å². The summed E-state index contributed by atoms with van der Waals surface area (Å²) in [6.45, 7) is 7.74. The number of likely N-dealkylation sites (tertiary alicyclic amines) is 1. The molecule has 13 heavy (non-hydrogen) atoms. The Labute approximate surface area is 79.0 Å². The van der Waals surface area contributed by atoms with Crippen molar-refractivity contribution in [1.29, 1.82) is 0 Å². The van der Waals surface area contributed by atoms with Crippen LogP contribution in [0.15, 0.2) is 0 Å². The van der Waals surface area contributed by atoms with Gasteiger partial charge < -0.3 is 9.64 Å². The Morgan fingerprint density at radius 2 is 2.08 bits per heavy atom. The molecular formula is C10H17NO2. The van der Waals surface area contributed by atoms with Crippen molar-refractivity contribution in [3.8, 4) is 0 Å². The van der Waals surface area contributed by atoms with Gasteiger partial charge in [0.15, 0.2) is 0 Å². The number of nitrogens with zero attached hydrogens (tertiary/aromatic N) is 1. The van der Waals surface area contributed by atoms with Crippen LogP contribution in [-0.4, -0.2) is 37.1 Å². The molecule has 0 aromatic rings. The molecule has 2 aliphatic heterocycles. The maximum atomic E-state index is 11.5. The van der Waals surface area contributed by atoms with Crippen molar-refractivity contribution in [3.63, 3.8) is 0 Å². The third-order valence-corrected chi connectivity index (χ3v) is 2.80. The van der Waals surface area contributed by atoms with Crippen molar-refractivity contribution in [3.05, 3.63) is 0 Å². The molecule has 3 heteroatoms. The first-order valence-corrected chi connectivity index (χ1v) is 4.97. The number of hydrogen-bond donors (Lipinski definition) is 0. The average molecular weight is 183 g/mol. The van der Waals surface area contributed by atoms with Gasteiger partial charge in [-0.25, -0.2) is 0 Å². The molecule has 0 aromatic heterocycles. The number of rotatable bonds is 2. The predicted octanol–water partition coefficient (Wildman–Crippen LogP) is 0.891. The van der Waals surface area contributed by atoms with E-state index in [0.717, 1.165) is 26.3 Å². The number of carbonyl (C=O) groups is 1. The van der Waals surface area contributed by atoms with Crippen LogP contribution in [0.5, 0.6) is 0 Å². The number of amides is 1. The average Bonchev–Trinajstić information content (AvgIpc) is 1.77. The molecule has 0 unspecified atom stereocenters. The molecule has 0 N–H and O–H groups in total. The highest BCUT2D eigenvalue weighted by Gasteiger charge is 2.50. The molecule has 1 amide bonds. The van der Waals surface area contributed by atoms with Gasteiger partial charge in [0.05, 0.1) is 18.6 Å². The molecule has 3 nitrogen and oxygen atoms in total. The van der Waals surface area contributed by atoms with Crippen molar-refractivity contribution in [2.24, 2.45) is 11.3 Å². The van der Waals surface area contributed by atoms with Crippen LogP contribution in [0.2, 0.25) is 0 Å². The lowest BCUT2D eigenvalue weighted by atomic mass is 9.78. The van der Waals surface area contributed by atoms with E-state index in [1.165, 1.54) is 0 Å². The van der Waals surface area contributed by atoms with Gasteiger partial charge in [0.1, 0.15) is 0 Å². The molecule has 0 bridgehead atoms. The zero-order valence-electron chi connectivity index (χ0n) is 8.38. The normalized spacial score (nSPS) is 24.4. The topological polar surface area (TPSA) is 29.5 Å². The molecule has 0 radical (unpaired) electrons. The minimum atomic E-state index is 0.313. The van der Waals surface area contributed by atoms with Crippen LogP contribution in [0.3, 0.4) is 0 Å². The lowest BCUT2D eigenvalue weighted by Crippen LogP contribution is -2.67. The molecule has 2 rings (SSSR count). The fraction of sp³-hybridized carbons (Fsp3) is 0.900. The van der Waals surface area contributed by atoms with E-state index in [1.54, 1.807) is 0 Å². The monoisotopic (exact) mass is 183 g/mol.